The predicted molar refractivity (Wildman–Crippen MR) is 84.3 cm³/mol. The highest BCUT2D eigenvalue weighted by atomic mass is 16.3. The van der Waals surface area contributed by atoms with Crippen molar-refractivity contribution in [1.29, 1.82) is 0 Å². The Balaban J connectivity index is 1.98. The summed E-state index contributed by atoms with van der Waals surface area (Å²) in [5.41, 5.74) is 0.871. The van der Waals surface area contributed by atoms with Crippen LogP contribution >= 0.6 is 0 Å². The molecular weight excluding hydrogens is 264 g/mol. The second kappa shape index (κ2) is 7.46. The number of phenols is 1. The highest BCUT2D eigenvalue weighted by Crippen LogP contribution is 2.17. The molecule has 1 aromatic rings. The molecule has 1 heterocycles. The summed E-state index contributed by atoms with van der Waals surface area (Å²) in [6.07, 6.45) is 2.64. The molecule has 1 amide bonds. The lowest BCUT2D eigenvalue weighted by Crippen LogP contribution is -2.43. The summed E-state index contributed by atoms with van der Waals surface area (Å²) >= 11 is 0. The fraction of sp³-hybridized carbons (Fsp3) is 0.588. The van der Waals surface area contributed by atoms with E-state index in [-0.39, 0.29) is 17.7 Å². The Kier molecular flexibility index (Phi) is 5.62. The first-order chi connectivity index (χ1) is 10.1. The highest BCUT2D eigenvalue weighted by Gasteiger charge is 2.22. The lowest BCUT2D eigenvalue weighted by molar-refractivity contribution is -0.133. The Bertz CT molecular complexity index is 468. The van der Waals surface area contributed by atoms with Crippen LogP contribution in [0.4, 0.5) is 0 Å². The smallest absolute Gasteiger partial charge is 0.227 e. The Hall–Kier alpha value is -1.55. The van der Waals surface area contributed by atoms with Crippen molar-refractivity contribution in [1.82, 2.24) is 10.2 Å². The zero-order valence-corrected chi connectivity index (χ0v) is 13.0. The third-order valence-corrected chi connectivity index (χ3v) is 4.12. The summed E-state index contributed by atoms with van der Waals surface area (Å²) < 4.78 is 0. The largest absolute Gasteiger partial charge is 0.508 e. The third kappa shape index (κ3) is 4.74. The van der Waals surface area contributed by atoms with Gasteiger partial charge in [-0.1, -0.05) is 12.1 Å². The maximum Gasteiger partial charge on any atom is 0.227 e. The van der Waals surface area contributed by atoms with Gasteiger partial charge >= 0.3 is 0 Å². The number of aromatic hydroxyl groups is 1. The van der Waals surface area contributed by atoms with Crippen molar-refractivity contribution in [3.8, 4) is 5.75 Å². The summed E-state index contributed by atoms with van der Waals surface area (Å²) in [5, 5.41) is 12.9. The van der Waals surface area contributed by atoms with Crippen molar-refractivity contribution in [2.24, 2.45) is 5.92 Å². The van der Waals surface area contributed by atoms with E-state index in [1.54, 1.807) is 18.2 Å². The van der Waals surface area contributed by atoms with Crippen LogP contribution in [-0.4, -0.2) is 41.6 Å². The van der Waals surface area contributed by atoms with E-state index in [1.165, 1.54) is 0 Å². The molecule has 1 fully saturated rings. The van der Waals surface area contributed by atoms with Crippen LogP contribution in [0.2, 0.25) is 0 Å². The monoisotopic (exact) mass is 290 g/mol. The average molecular weight is 290 g/mol. The molecule has 2 N–H and O–H groups in total. The molecule has 21 heavy (non-hydrogen) atoms. The summed E-state index contributed by atoms with van der Waals surface area (Å²) in [6, 6.07) is 7.18. The predicted octanol–water partition coefficient (Wildman–Crippen LogP) is 2.17. The van der Waals surface area contributed by atoms with Gasteiger partial charge in [-0.15, -0.1) is 0 Å². The quantitative estimate of drug-likeness (QED) is 0.874. The van der Waals surface area contributed by atoms with E-state index in [1.807, 2.05) is 11.0 Å². The molecule has 1 aliphatic rings. The van der Waals surface area contributed by atoms with Crippen LogP contribution in [0.15, 0.2) is 24.3 Å². The van der Waals surface area contributed by atoms with Gasteiger partial charge in [-0.05, 0) is 63.4 Å². The van der Waals surface area contributed by atoms with Crippen LogP contribution in [0.5, 0.6) is 5.75 Å². The molecule has 0 saturated carbocycles. The van der Waals surface area contributed by atoms with Gasteiger partial charge in [-0.3, -0.25) is 4.79 Å². The minimum atomic E-state index is 0.147. The van der Waals surface area contributed by atoms with E-state index in [2.05, 4.69) is 19.2 Å². The molecule has 1 saturated heterocycles. The van der Waals surface area contributed by atoms with Gasteiger partial charge in [-0.25, -0.2) is 0 Å². The van der Waals surface area contributed by atoms with Crippen molar-refractivity contribution in [2.75, 3.05) is 19.6 Å². The second-order valence-electron chi connectivity index (χ2n) is 6.18. The number of carbonyl (C=O) groups excluding carboxylic acids is 1. The number of benzene rings is 1. The van der Waals surface area contributed by atoms with Crippen LogP contribution in [0.25, 0.3) is 0 Å². The van der Waals surface area contributed by atoms with Crippen LogP contribution < -0.4 is 5.32 Å². The SMILES string of the molecule is CC(C)N(CC1CCNCC1)C(=O)Cc1cccc(O)c1. The first kappa shape index (κ1) is 15.8. The van der Waals surface area contributed by atoms with Crippen LogP contribution in [-0.2, 0) is 11.2 Å². The zero-order valence-electron chi connectivity index (χ0n) is 13.0. The normalized spacial score (nSPS) is 16.1. The fourth-order valence-electron chi connectivity index (χ4n) is 2.89. The number of nitrogens with zero attached hydrogens (tertiary/aromatic N) is 1. The second-order valence-corrected chi connectivity index (χ2v) is 6.18. The molecule has 116 valence electrons. The fourth-order valence-corrected chi connectivity index (χ4v) is 2.89. The van der Waals surface area contributed by atoms with E-state index < -0.39 is 0 Å². The zero-order chi connectivity index (χ0) is 15.2. The minimum Gasteiger partial charge on any atom is -0.508 e. The molecular formula is C17H26N2O2. The standard InChI is InChI=1S/C17H26N2O2/c1-13(2)19(12-14-6-8-18-9-7-14)17(21)11-15-4-3-5-16(20)10-15/h3-5,10,13-14,18,20H,6-9,11-12H2,1-2H3. The summed E-state index contributed by atoms with van der Waals surface area (Å²) in [7, 11) is 0. The number of piperidine rings is 1. The molecule has 4 heteroatoms. The molecule has 1 aromatic carbocycles. The molecule has 0 bridgehead atoms. The van der Waals surface area contributed by atoms with E-state index in [4.69, 9.17) is 0 Å². The van der Waals surface area contributed by atoms with E-state index in [0.29, 0.717) is 12.3 Å². The average Bonchev–Trinajstić information content (AvgIpc) is 2.45. The topological polar surface area (TPSA) is 52.6 Å². The van der Waals surface area contributed by atoms with Crippen molar-refractivity contribution < 1.29 is 9.90 Å². The number of nitrogens with one attached hydrogen (secondary N) is 1. The van der Waals surface area contributed by atoms with Gasteiger partial charge in [0, 0.05) is 12.6 Å². The van der Waals surface area contributed by atoms with Crippen molar-refractivity contribution in [2.45, 2.75) is 39.2 Å². The number of amides is 1. The lowest BCUT2D eigenvalue weighted by atomic mass is 9.96. The van der Waals surface area contributed by atoms with Gasteiger partial charge in [0.05, 0.1) is 6.42 Å². The van der Waals surface area contributed by atoms with E-state index in [9.17, 15) is 9.90 Å². The number of phenolic OH excluding ortho intramolecular Hbond substituents is 1. The van der Waals surface area contributed by atoms with Crippen LogP contribution in [0.1, 0.15) is 32.3 Å². The van der Waals surface area contributed by atoms with Crippen molar-refractivity contribution in [3.63, 3.8) is 0 Å². The molecule has 1 aliphatic heterocycles. The van der Waals surface area contributed by atoms with Gasteiger partial charge in [0.1, 0.15) is 5.75 Å². The Morgan fingerprint density at radius 2 is 2.10 bits per heavy atom. The van der Waals surface area contributed by atoms with Gasteiger partial charge < -0.3 is 15.3 Å². The molecule has 2 rings (SSSR count). The van der Waals surface area contributed by atoms with E-state index in [0.717, 1.165) is 38.0 Å². The van der Waals surface area contributed by atoms with Crippen LogP contribution in [0, 0.1) is 5.92 Å². The summed E-state index contributed by atoms with van der Waals surface area (Å²) in [4.78, 5) is 14.6. The van der Waals surface area contributed by atoms with Crippen molar-refractivity contribution >= 4 is 5.91 Å². The maximum atomic E-state index is 12.6. The highest BCUT2D eigenvalue weighted by molar-refractivity contribution is 5.79. The van der Waals surface area contributed by atoms with Gasteiger partial charge in [0.15, 0.2) is 0 Å². The number of rotatable bonds is 5. The number of carbonyl (C=O) groups is 1. The summed E-state index contributed by atoms with van der Waals surface area (Å²) in [6.45, 7) is 7.09. The lowest BCUT2D eigenvalue weighted by Gasteiger charge is -2.33. The molecule has 0 atom stereocenters. The molecule has 0 unspecified atom stereocenters. The van der Waals surface area contributed by atoms with E-state index >= 15 is 0 Å². The van der Waals surface area contributed by atoms with Gasteiger partial charge in [-0.2, -0.15) is 0 Å². The molecule has 4 nitrogen and oxygen atoms in total. The molecule has 0 aliphatic carbocycles. The first-order valence-electron chi connectivity index (χ1n) is 7.84. The Morgan fingerprint density at radius 3 is 2.71 bits per heavy atom. The molecule has 0 aromatic heterocycles. The third-order valence-electron chi connectivity index (χ3n) is 4.12. The van der Waals surface area contributed by atoms with Crippen LogP contribution in [0.3, 0.4) is 0 Å². The number of hydrogen-bond acceptors (Lipinski definition) is 3. The molecule has 0 radical (unpaired) electrons. The minimum absolute atomic E-state index is 0.147. The van der Waals surface area contributed by atoms with Gasteiger partial charge in [0.25, 0.3) is 0 Å². The first-order valence-corrected chi connectivity index (χ1v) is 7.84. The Labute approximate surface area is 127 Å². The Morgan fingerprint density at radius 1 is 1.38 bits per heavy atom. The molecule has 0 spiro atoms. The summed E-state index contributed by atoms with van der Waals surface area (Å²) in [5.74, 6) is 0.964. The van der Waals surface area contributed by atoms with Crippen molar-refractivity contribution in [3.05, 3.63) is 29.8 Å². The van der Waals surface area contributed by atoms with Gasteiger partial charge in [0.2, 0.25) is 5.91 Å². The number of hydrogen-bond donors (Lipinski definition) is 2. The maximum absolute atomic E-state index is 12.6.